The lowest BCUT2D eigenvalue weighted by molar-refractivity contribution is -0.117. The molecule has 1 rings (SSSR count). The minimum absolute atomic E-state index is 0.00848. The van der Waals surface area contributed by atoms with Gasteiger partial charge in [-0.25, -0.2) is 8.42 Å². The first-order chi connectivity index (χ1) is 9.45. The summed E-state index contributed by atoms with van der Waals surface area (Å²) in [6.07, 6.45) is 0.680. The van der Waals surface area contributed by atoms with Crippen LogP contribution < -0.4 is 0 Å². The summed E-state index contributed by atoms with van der Waals surface area (Å²) >= 11 is 0. The van der Waals surface area contributed by atoms with Crippen molar-refractivity contribution in [2.45, 2.75) is 26.3 Å². The van der Waals surface area contributed by atoms with Gasteiger partial charge in [0.2, 0.25) is 0 Å². The molecule has 8 heteroatoms. The number of hydrogen-bond donors (Lipinski definition) is 0. The molecule has 0 spiro atoms. The van der Waals surface area contributed by atoms with Gasteiger partial charge in [0.1, 0.15) is 5.78 Å². The smallest absolute Gasteiger partial charge is 0.300 e. The molecule has 0 unspecified atom stereocenters. The first kappa shape index (κ1) is 16.2. The molecular weight excluding hydrogens is 280 g/mol. The van der Waals surface area contributed by atoms with Gasteiger partial charge in [-0.05, 0) is 24.4 Å². The van der Waals surface area contributed by atoms with Crippen molar-refractivity contribution in [2.75, 3.05) is 6.54 Å². The van der Waals surface area contributed by atoms with Crippen molar-refractivity contribution in [1.82, 2.24) is 4.31 Å². The highest BCUT2D eigenvalue weighted by Gasteiger charge is 2.20. The van der Waals surface area contributed by atoms with Crippen LogP contribution in [0.3, 0.4) is 0 Å². The predicted molar refractivity (Wildman–Crippen MR) is 74.8 cm³/mol. The van der Waals surface area contributed by atoms with Gasteiger partial charge in [-0.1, -0.05) is 30.3 Å². The molecule has 7 nitrogen and oxygen atoms in total. The van der Waals surface area contributed by atoms with E-state index in [-0.39, 0.29) is 25.3 Å². The van der Waals surface area contributed by atoms with E-state index in [1.54, 1.807) is 24.3 Å². The van der Waals surface area contributed by atoms with Crippen molar-refractivity contribution < 1.29 is 13.2 Å². The standard InChI is InChI=1S/C12H16N4O3S/c1-11(17)6-5-9-16(20(18,19)15-14-13)10-12-7-3-2-4-8-12/h2-4,7-8H,5-6,9-10H2,1H3. The lowest BCUT2D eigenvalue weighted by Gasteiger charge is -2.19. The summed E-state index contributed by atoms with van der Waals surface area (Å²) in [5, 5.41) is 0. The molecule has 0 aromatic heterocycles. The van der Waals surface area contributed by atoms with Crippen LogP contribution in [0.15, 0.2) is 34.9 Å². The number of carbonyl (C=O) groups is 1. The number of ketones is 1. The van der Waals surface area contributed by atoms with Crippen LogP contribution in [0.5, 0.6) is 0 Å². The van der Waals surface area contributed by atoms with E-state index in [4.69, 9.17) is 5.53 Å². The van der Waals surface area contributed by atoms with Gasteiger partial charge in [-0.3, -0.25) is 0 Å². The van der Waals surface area contributed by atoms with Crippen LogP contribution >= 0.6 is 0 Å². The first-order valence-electron chi connectivity index (χ1n) is 6.05. The Kier molecular flexibility index (Phi) is 6.17. The fourth-order valence-electron chi connectivity index (χ4n) is 1.67. The van der Waals surface area contributed by atoms with Gasteiger partial charge in [0.15, 0.2) is 0 Å². The zero-order chi connectivity index (χ0) is 15.0. The number of Topliss-reactive ketones (excluding diaryl/α,β-unsaturated/α-hetero) is 1. The van der Waals surface area contributed by atoms with Crippen LogP contribution in [0, 0.1) is 0 Å². The summed E-state index contributed by atoms with van der Waals surface area (Å²) in [6.45, 7) is 1.69. The monoisotopic (exact) mass is 296 g/mol. The van der Waals surface area contributed by atoms with Gasteiger partial charge in [0.05, 0.1) is 0 Å². The van der Waals surface area contributed by atoms with Gasteiger partial charge in [-0.2, -0.15) is 4.31 Å². The SMILES string of the molecule is CC(=O)CCCN(Cc1ccccc1)S(=O)(=O)N=[N+]=[N-]. The molecule has 0 fully saturated rings. The first-order valence-corrected chi connectivity index (χ1v) is 7.45. The van der Waals surface area contributed by atoms with Crippen LogP contribution in [0.2, 0.25) is 0 Å². The third kappa shape index (κ3) is 5.40. The zero-order valence-corrected chi connectivity index (χ0v) is 12.0. The maximum Gasteiger partial charge on any atom is 0.302 e. The maximum absolute atomic E-state index is 11.8. The van der Waals surface area contributed by atoms with Crippen molar-refractivity contribution in [3.8, 4) is 0 Å². The Morgan fingerprint density at radius 2 is 2.00 bits per heavy atom. The molecule has 0 aliphatic carbocycles. The van der Waals surface area contributed by atoms with Gasteiger partial charge < -0.3 is 4.79 Å². The quantitative estimate of drug-likeness (QED) is 0.418. The zero-order valence-electron chi connectivity index (χ0n) is 11.1. The van der Waals surface area contributed by atoms with Crippen LogP contribution in [-0.2, 0) is 21.5 Å². The van der Waals surface area contributed by atoms with E-state index < -0.39 is 10.2 Å². The molecule has 0 saturated heterocycles. The molecule has 20 heavy (non-hydrogen) atoms. The fourth-order valence-corrected chi connectivity index (χ4v) is 2.53. The minimum atomic E-state index is -4.04. The summed E-state index contributed by atoms with van der Waals surface area (Å²) in [6, 6.07) is 8.98. The largest absolute Gasteiger partial charge is 0.302 e. The second kappa shape index (κ2) is 7.64. The third-order valence-corrected chi connectivity index (χ3v) is 3.85. The van der Waals surface area contributed by atoms with E-state index in [0.29, 0.717) is 6.42 Å². The normalized spacial score (nSPS) is 11.1. The molecule has 0 aliphatic rings. The summed E-state index contributed by atoms with van der Waals surface area (Å²) in [5.74, 6) is -0.00848. The summed E-state index contributed by atoms with van der Waals surface area (Å²) in [5.41, 5.74) is 9.11. The van der Waals surface area contributed by atoms with E-state index in [1.807, 2.05) is 6.07 Å². The Bertz CT molecular complexity index is 594. The molecule has 0 amide bonds. The van der Waals surface area contributed by atoms with Crippen LogP contribution in [0.1, 0.15) is 25.3 Å². The molecule has 0 radical (unpaired) electrons. The molecule has 0 atom stereocenters. The van der Waals surface area contributed by atoms with Crippen molar-refractivity contribution in [1.29, 1.82) is 0 Å². The van der Waals surface area contributed by atoms with Gasteiger partial charge in [0.25, 0.3) is 0 Å². The van der Waals surface area contributed by atoms with E-state index in [9.17, 15) is 13.2 Å². The number of nitrogens with zero attached hydrogens (tertiary/aromatic N) is 4. The van der Waals surface area contributed by atoms with Crippen molar-refractivity contribution in [2.24, 2.45) is 4.52 Å². The number of carbonyl (C=O) groups excluding carboxylic acids is 1. The second-order valence-corrected chi connectivity index (χ2v) is 5.85. The van der Waals surface area contributed by atoms with E-state index >= 15 is 0 Å². The van der Waals surface area contributed by atoms with Crippen LogP contribution in [0.4, 0.5) is 0 Å². The van der Waals surface area contributed by atoms with Gasteiger partial charge >= 0.3 is 10.2 Å². The average Bonchev–Trinajstić information content (AvgIpc) is 2.38. The Balaban J connectivity index is 2.84. The number of hydrogen-bond acceptors (Lipinski definition) is 3. The maximum atomic E-state index is 11.8. The lowest BCUT2D eigenvalue weighted by atomic mass is 10.2. The molecular formula is C12H16N4O3S. The molecule has 1 aromatic carbocycles. The highest BCUT2D eigenvalue weighted by molar-refractivity contribution is 7.87. The van der Waals surface area contributed by atoms with Crippen LogP contribution in [-0.4, -0.2) is 25.1 Å². The molecule has 0 aliphatic heterocycles. The Morgan fingerprint density at radius 1 is 1.35 bits per heavy atom. The second-order valence-electron chi connectivity index (χ2n) is 4.27. The minimum Gasteiger partial charge on any atom is -0.300 e. The molecule has 108 valence electrons. The highest BCUT2D eigenvalue weighted by atomic mass is 32.2. The third-order valence-electron chi connectivity index (χ3n) is 2.60. The summed E-state index contributed by atoms with van der Waals surface area (Å²) in [4.78, 5) is 13.3. The summed E-state index contributed by atoms with van der Waals surface area (Å²) < 4.78 is 27.6. The molecule has 0 heterocycles. The average molecular weight is 296 g/mol. The Labute approximate surface area is 118 Å². The Hall–Kier alpha value is -1.89. The summed E-state index contributed by atoms with van der Waals surface area (Å²) in [7, 11) is -4.04. The fraction of sp³-hybridized carbons (Fsp3) is 0.417. The molecule has 0 N–H and O–H groups in total. The van der Waals surface area contributed by atoms with E-state index in [2.05, 4.69) is 9.43 Å². The van der Waals surface area contributed by atoms with Gasteiger partial charge in [-0.15, -0.1) is 0 Å². The number of rotatable bonds is 8. The van der Waals surface area contributed by atoms with Gasteiger partial charge in [0, 0.05) is 28.9 Å². The van der Waals surface area contributed by atoms with Crippen molar-refractivity contribution >= 4 is 16.0 Å². The number of azide groups is 1. The number of benzene rings is 1. The topological polar surface area (TPSA) is 103 Å². The van der Waals surface area contributed by atoms with E-state index in [1.165, 1.54) is 6.92 Å². The lowest BCUT2D eigenvalue weighted by Crippen LogP contribution is -2.30. The highest BCUT2D eigenvalue weighted by Crippen LogP contribution is 2.12. The van der Waals surface area contributed by atoms with Crippen molar-refractivity contribution in [3.63, 3.8) is 0 Å². The predicted octanol–water partition coefficient (Wildman–Crippen LogP) is 2.41. The molecule has 0 bridgehead atoms. The Morgan fingerprint density at radius 3 is 2.55 bits per heavy atom. The molecule has 0 saturated carbocycles. The molecule has 1 aromatic rings. The van der Waals surface area contributed by atoms with Crippen LogP contribution in [0.25, 0.3) is 10.4 Å². The van der Waals surface area contributed by atoms with Crippen molar-refractivity contribution in [3.05, 3.63) is 46.3 Å². The van der Waals surface area contributed by atoms with E-state index in [0.717, 1.165) is 9.87 Å².